The zero-order valence-corrected chi connectivity index (χ0v) is 15.0. The predicted octanol–water partition coefficient (Wildman–Crippen LogP) is 5.01. The molecule has 2 aromatic rings. The lowest BCUT2D eigenvalue weighted by atomic mass is 10.1. The van der Waals surface area contributed by atoms with Crippen molar-refractivity contribution in [1.82, 2.24) is 0 Å². The molecule has 1 N–H and O–H groups in total. The molecule has 1 aliphatic carbocycles. The van der Waals surface area contributed by atoms with Crippen molar-refractivity contribution in [1.29, 1.82) is 0 Å². The van der Waals surface area contributed by atoms with Gasteiger partial charge < -0.3 is 14.6 Å². The Morgan fingerprint density at radius 2 is 1.85 bits per heavy atom. The van der Waals surface area contributed by atoms with Gasteiger partial charge in [-0.25, -0.2) is 0 Å². The van der Waals surface area contributed by atoms with Crippen molar-refractivity contribution in [2.45, 2.75) is 38.7 Å². The first-order valence-corrected chi connectivity index (χ1v) is 9.10. The molecular weight excluding hydrogens is 328 g/mol. The smallest absolute Gasteiger partial charge is 0.185 e. The first kappa shape index (κ1) is 18.1. The molecule has 0 saturated heterocycles. The van der Waals surface area contributed by atoms with Crippen LogP contribution in [0.2, 0.25) is 0 Å². The van der Waals surface area contributed by atoms with Crippen LogP contribution in [0.25, 0.3) is 6.08 Å². The van der Waals surface area contributed by atoms with Gasteiger partial charge in [-0.1, -0.05) is 12.1 Å². The van der Waals surface area contributed by atoms with Crippen LogP contribution in [0.15, 0.2) is 48.5 Å². The summed E-state index contributed by atoms with van der Waals surface area (Å²) in [5.74, 6) is 1.50. The maximum absolute atomic E-state index is 12.2. The van der Waals surface area contributed by atoms with Crippen LogP contribution in [0.5, 0.6) is 17.2 Å². The highest BCUT2D eigenvalue weighted by Crippen LogP contribution is 2.33. The highest BCUT2D eigenvalue weighted by Gasteiger charge is 2.18. The Balaban J connectivity index is 1.73. The molecular formula is C22H24O4. The molecule has 3 rings (SSSR count). The van der Waals surface area contributed by atoms with E-state index in [-0.39, 0.29) is 17.6 Å². The number of carbonyl (C=O) groups excluding carboxylic acids is 1. The Kier molecular flexibility index (Phi) is 5.95. The number of phenolic OH excluding ortho intramolecular Hbond substituents is 1. The quantitative estimate of drug-likeness (QED) is 0.562. The fraction of sp³-hybridized carbons (Fsp3) is 0.318. The second kappa shape index (κ2) is 8.56. The predicted molar refractivity (Wildman–Crippen MR) is 102 cm³/mol. The summed E-state index contributed by atoms with van der Waals surface area (Å²) in [6.45, 7) is 2.50. The number of phenols is 1. The highest BCUT2D eigenvalue weighted by molar-refractivity contribution is 6.06. The summed E-state index contributed by atoms with van der Waals surface area (Å²) in [5, 5.41) is 9.30. The molecule has 1 saturated carbocycles. The van der Waals surface area contributed by atoms with Crippen LogP contribution in [0.4, 0.5) is 0 Å². The lowest BCUT2D eigenvalue weighted by Crippen LogP contribution is -2.11. The van der Waals surface area contributed by atoms with Gasteiger partial charge in [0.1, 0.15) is 5.75 Å². The monoisotopic (exact) mass is 352 g/mol. The van der Waals surface area contributed by atoms with Gasteiger partial charge in [-0.05, 0) is 80.6 Å². The fourth-order valence-electron chi connectivity index (χ4n) is 3.07. The second-order valence-corrected chi connectivity index (χ2v) is 6.41. The van der Waals surface area contributed by atoms with Crippen molar-refractivity contribution in [3.63, 3.8) is 0 Å². The number of ketones is 1. The van der Waals surface area contributed by atoms with Crippen molar-refractivity contribution in [3.8, 4) is 17.2 Å². The van der Waals surface area contributed by atoms with E-state index in [9.17, 15) is 9.90 Å². The number of hydrogen-bond acceptors (Lipinski definition) is 4. The van der Waals surface area contributed by atoms with Gasteiger partial charge in [0.2, 0.25) is 0 Å². The molecule has 26 heavy (non-hydrogen) atoms. The highest BCUT2D eigenvalue weighted by atomic mass is 16.5. The zero-order valence-electron chi connectivity index (χ0n) is 15.0. The Morgan fingerprint density at radius 1 is 1.12 bits per heavy atom. The lowest BCUT2D eigenvalue weighted by Gasteiger charge is -2.17. The largest absolute Gasteiger partial charge is 0.508 e. The van der Waals surface area contributed by atoms with Crippen LogP contribution < -0.4 is 9.47 Å². The zero-order chi connectivity index (χ0) is 18.4. The lowest BCUT2D eigenvalue weighted by molar-refractivity contribution is 0.104. The van der Waals surface area contributed by atoms with E-state index in [0.717, 1.165) is 24.2 Å². The van der Waals surface area contributed by atoms with Crippen molar-refractivity contribution in [2.75, 3.05) is 6.61 Å². The molecule has 1 aliphatic rings. The summed E-state index contributed by atoms with van der Waals surface area (Å²) in [7, 11) is 0. The SMILES string of the molecule is CCOc1cc(/C=C/C(=O)c2ccc(O)cc2)ccc1OC1CCCC1. The minimum atomic E-state index is -0.116. The number of carbonyl (C=O) groups is 1. The molecule has 0 aromatic heterocycles. The van der Waals surface area contributed by atoms with E-state index >= 15 is 0 Å². The van der Waals surface area contributed by atoms with Gasteiger partial charge >= 0.3 is 0 Å². The number of rotatable bonds is 7. The van der Waals surface area contributed by atoms with Crippen LogP contribution in [-0.4, -0.2) is 23.6 Å². The van der Waals surface area contributed by atoms with E-state index in [1.54, 1.807) is 18.2 Å². The van der Waals surface area contributed by atoms with Crippen LogP contribution in [0, 0.1) is 0 Å². The average molecular weight is 352 g/mol. The van der Waals surface area contributed by atoms with Crippen molar-refractivity contribution in [2.24, 2.45) is 0 Å². The van der Waals surface area contributed by atoms with Gasteiger partial charge in [0.25, 0.3) is 0 Å². The number of aromatic hydroxyl groups is 1. The Morgan fingerprint density at radius 3 is 2.54 bits per heavy atom. The number of benzene rings is 2. The van der Waals surface area contributed by atoms with Gasteiger partial charge in [0, 0.05) is 5.56 Å². The van der Waals surface area contributed by atoms with Crippen LogP contribution in [0.3, 0.4) is 0 Å². The summed E-state index contributed by atoms with van der Waals surface area (Å²) >= 11 is 0. The third-order valence-electron chi connectivity index (χ3n) is 4.44. The number of ether oxygens (including phenoxy) is 2. The maximum atomic E-state index is 12.2. The summed E-state index contributed by atoms with van der Waals surface area (Å²) in [6.07, 6.45) is 8.17. The summed E-state index contributed by atoms with van der Waals surface area (Å²) in [6, 6.07) is 11.9. The van der Waals surface area contributed by atoms with E-state index in [4.69, 9.17) is 9.47 Å². The first-order valence-electron chi connectivity index (χ1n) is 9.10. The van der Waals surface area contributed by atoms with Gasteiger partial charge in [0.05, 0.1) is 12.7 Å². The van der Waals surface area contributed by atoms with E-state index in [0.29, 0.717) is 17.9 Å². The van der Waals surface area contributed by atoms with Crippen molar-refractivity contribution < 1.29 is 19.4 Å². The minimum absolute atomic E-state index is 0.116. The molecule has 0 heterocycles. The molecule has 0 bridgehead atoms. The first-order chi connectivity index (χ1) is 12.7. The molecule has 0 unspecified atom stereocenters. The van der Waals surface area contributed by atoms with Crippen molar-refractivity contribution in [3.05, 3.63) is 59.7 Å². The molecule has 0 radical (unpaired) electrons. The molecule has 0 atom stereocenters. The maximum Gasteiger partial charge on any atom is 0.185 e. The Hall–Kier alpha value is -2.75. The number of hydrogen-bond donors (Lipinski definition) is 1. The van der Waals surface area contributed by atoms with Crippen LogP contribution >= 0.6 is 0 Å². The van der Waals surface area contributed by atoms with Crippen molar-refractivity contribution >= 4 is 11.9 Å². The average Bonchev–Trinajstić information content (AvgIpc) is 3.15. The van der Waals surface area contributed by atoms with Gasteiger partial charge in [-0.15, -0.1) is 0 Å². The standard InChI is InChI=1S/C22H24O4/c1-2-25-22-15-16(8-14-21(22)26-19-5-3-4-6-19)7-13-20(24)17-9-11-18(23)12-10-17/h7-15,19,23H,2-6H2,1H3/b13-7+. The molecule has 0 aliphatic heterocycles. The molecule has 4 nitrogen and oxygen atoms in total. The van der Waals surface area contributed by atoms with E-state index in [2.05, 4.69) is 0 Å². The molecule has 2 aromatic carbocycles. The molecule has 1 fully saturated rings. The summed E-state index contributed by atoms with van der Waals surface area (Å²) in [5.41, 5.74) is 1.41. The summed E-state index contributed by atoms with van der Waals surface area (Å²) in [4.78, 5) is 12.2. The van der Waals surface area contributed by atoms with Crippen LogP contribution in [-0.2, 0) is 0 Å². The van der Waals surface area contributed by atoms with E-state index in [1.165, 1.54) is 31.1 Å². The van der Waals surface area contributed by atoms with Gasteiger partial charge in [-0.2, -0.15) is 0 Å². The third kappa shape index (κ3) is 4.66. The summed E-state index contributed by atoms with van der Waals surface area (Å²) < 4.78 is 11.8. The minimum Gasteiger partial charge on any atom is -0.508 e. The molecule has 136 valence electrons. The van der Waals surface area contributed by atoms with Gasteiger partial charge in [-0.3, -0.25) is 4.79 Å². The molecule has 0 amide bonds. The molecule has 4 heteroatoms. The van der Waals surface area contributed by atoms with Crippen LogP contribution in [0.1, 0.15) is 48.5 Å². The Bertz CT molecular complexity index is 771. The number of allylic oxidation sites excluding steroid dienone is 1. The third-order valence-corrected chi connectivity index (χ3v) is 4.44. The van der Waals surface area contributed by atoms with Gasteiger partial charge in [0.15, 0.2) is 17.3 Å². The normalized spacial score (nSPS) is 14.7. The fourth-order valence-corrected chi connectivity index (χ4v) is 3.07. The van der Waals surface area contributed by atoms with E-state index < -0.39 is 0 Å². The Labute approximate surface area is 154 Å². The van der Waals surface area contributed by atoms with E-state index in [1.807, 2.05) is 25.1 Å². The topological polar surface area (TPSA) is 55.8 Å². The molecule has 0 spiro atoms. The second-order valence-electron chi connectivity index (χ2n) is 6.41.